The lowest BCUT2D eigenvalue weighted by molar-refractivity contribution is -0.124. The third kappa shape index (κ3) is 5.03. The SMILES string of the molecule is O=C(CC(O)c1ccc(OCc2ccccc2)cc1)NC1CC(n2ccnc2)C1. The van der Waals surface area contributed by atoms with Gasteiger partial charge in [0.1, 0.15) is 12.4 Å². The molecule has 1 fully saturated rings. The zero-order valence-corrected chi connectivity index (χ0v) is 16.1. The monoisotopic (exact) mass is 391 g/mol. The van der Waals surface area contributed by atoms with Crippen LogP contribution in [0.2, 0.25) is 0 Å². The van der Waals surface area contributed by atoms with E-state index in [1.165, 1.54) is 0 Å². The van der Waals surface area contributed by atoms with Crippen LogP contribution in [0.5, 0.6) is 5.75 Å². The number of carbonyl (C=O) groups is 1. The average molecular weight is 391 g/mol. The topological polar surface area (TPSA) is 76.4 Å². The van der Waals surface area contributed by atoms with Crippen LogP contribution in [0.1, 0.15) is 42.5 Å². The third-order valence-electron chi connectivity index (χ3n) is 5.32. The molecule has 3 aromatic rings. The molecule has 1 aliphatic rings. The standard InChI is InChI=1S/C23H25N3O3/c27-22(14-23(28)25-19-12-20(13-19)26-11-10-24-16-26)18-6-8-21(9-7-18)29-15-17-4-2-1-3-5-17/h1-11,16,19-20,22,27H,12-15H2,(H,25,28). The summed E-state index contributed by atoms with van der Waals surface area (Å²) >= 11 is 0. The normalized spacial score (nSPS) is 19.2. The molecule has 4 rings (SSSR count). The van der Waals surface area contributed by atoms with Gasteiger partial charge in [-0.15, -0.1) is 0 Å². The highest BCUT2D eigenvalue weighted by Gasteiger charge is 2.31. The molecular weight excluding hydrogens is 366 g/mol. The summed E-state index contributed by atoms with van der Waals surface area (Å²) in [7, 11) is 0. The summed E-state index contributed by atoms with van der Waals surface area (Å²) in [5.74, 6) is 0.602. The second-order valence-electron chi connectivity index (χ2n) is 7.46. The van der Waals surface area contributed by atoms with Crippen molar-refractivity contribution >= 4 is 5.91 Å². The fourth-order valence-corrected chi connectivity index (χ4v) is 3.54. The van der Waals surface area contributed by atoms with Gasteiger partial charge >= 0.3 is 0 Å². The Balaban J connectivity index is 1.21. The van der Waals surface area contributed by atoms with Gasteiger partial charge in [-0.25, -0.2) is 4.98 Å². The van der Waals surface area contributed by atoms with Crippen LogP contribution in [0.4, 0.5) is 0 Å². The average Bonchev–Trinajstić information content (AvgIpc) is 3.24. The van der Waals surface area contributed by atoms with E-state index < -0.39 is 6.10 Å². The maximum absolute atomic E-state index is 12.2. The number of aliphatic hydroxyl groups is 1. The van der Waals surface area contributed by atoms with Crippen molar-refractivity contribution in [2.45, 2.75) is 44.1 Å². The number of nitrogens with zero attached hydrogens (tertiary/aromatic N) is 2. The molecular formula is C23H25N3O3. The van der Waals surface area contributed by atoms with E-state index in [2.05, 4.69) is 14.9 Å². The number of benzene rings is 2. The van der Waals surface area contributed by atoms with Crippen LogP contribution >= 0.6 is 0 Å². The molecule has 1 unspecified atom stereocenters. The molecule has 150 valence electrons. The van der Waals surface area contributed by atoms with Crippen LogP contribution in [0.15, 0.2) is 73.3 Å². The third-order valence-corrected chi connectivity index (χ3v) is 5.32. The number of amides is 1. The fourth-order valence-electron chi connectivity index (χ4n) is 3.54. The molecule has 0 aliphatic heterocycles. The van der Waals surface area contributed by atoms with Gasteiger partial charge in [0.05, 0.1) is 18.9 Å². The zero-order chi connectivity index (χ0) is 20.1. The molecule has 2 aromatic carbocycles. The van der Waals surface area contributed by atoms with Gasteiger partial charge in [-0.3, -0.25) is 4.79 Å². The lowest BCUT2D eigenvalue weighted by Crippen LogP contribution is -2.45. The minimum atomic E-state index is -0.831. The molecule has 1 heterocycles. The van der Waals surface area contributed by atoms with E-state index in [1.54, 1.807) is 24.7 Å². The second-order valence-corrected chi connectivity index (χ2v) is 7.46. The van der Waals surface area contributed by atoms with Gasteiger partial charge in [0.2, 0.25) is 5.91 Å². The number of rotatable bonds is 8. The Morgan fingerprint density at radius 1 is 1.17 bits per heavy atom. The summed E-state index contributed by atoms with van der Waals surface area (Å²) < 4.78 is 7.82. The molecule has 1 saturated carbocycles. The molecule has 0 saturated heterocycles. The minimum Gasteiger partial charge on any atom is -0.489 e. The number of carbonyl (C=O) groups excluding carboxylic acids is 1. The largest absolute Gasteiger partial charge is 0.489 e. The van der Waals surface area contributed by atoms with E-state index in [-0.39, 0.29) is 18.4 Å². The van der Waals surface area contributed by atoms with Crippen LogP contribution in [-0.2, 0) is 11.4 Å². The Bertz CT molecular complexity index is 904. The zero-order valence-electron chi connectivity index (χ0n) is 16.1. The molecule has 6 heteroatoms. The second kappa shape index (κ2) is 8.92. The molecule has 0 radical (unpaired) electrons. The van der Waals surface area contributed by atoms with Crippen molar-refractivity contribution in [2.24, 2.45) is 0 Å². The summed E-state index contributed by atoms with van der Waals surface area (Å²) in [6, 6.07) is 17.8. The fraction of sp³-hybridized carbons (Fsp3) is 0.304. The predicted octanol–water partition coefficient (Wildman–Crippen LogP) is 3.41. The maximum atomic E-state index is 12.2. The molecule has 1 aliphatic carbocycles. The van der Waals surface area contributed by atoms with Crippen molar-refractivity contribution in [1.29, 1.82) is 0 Å². The number of ether oxygens (including phenoxy) is 1. The molecule has 2 N–H and O–H groups in total. The van der Waals surface area contributed by atoms with Crippen molar-refractivity contribution in [3.8, 4) is 5.75 Å². The van der Waals surface area contributed by atoms with Gasteiger partial charge in [-0.05, 0) is 36.1 Å². The Morgan fingerprint density at radius 3 is 2.62 bits per heavy atom. The first-order chi connectivity index (χ1) is 14.2. The molecule has 1 atom stereocenters. The molecule has 29 heavy (non-hydrogen) atoms. The van der Waals surface area contributed by atoms with E-state index in [0.29, 0.717) is 18.2 Å². The smallest absolute Gasteiger partial charge is 0.223 e. The molecule has 1 amide bonds. The number of hydrogen-bond acceptors (Lipinski definition) is 4. The van der Waals surface area contributed by atoms with Gasteiger partial charge in [-0.1, -0.05) is 42.5 Å². The first-order valence-corrected chi connectivity index (χ1v) is 9.89. The summed E-state index contributed by atoms with van der Waals surface area (Å²) in [6.45, 7) is 0.493. The Hall–Kier alpha value is -3.12. The number of hydrogen-bond donors (Lipinski definition) is 2. The maximum Gasteiger partial charge on any atom is 0.223 e. The number of nitrogens with one attached hydrogen (secondary N) is 1. The number of aromatic nitrogens is 2. The highest BCUT2D eigenvalue weighted by molar-refractivity contribution is 5.77. The van der Waals surface area contributed by atoms with Crippen LogP contribution in [0, 0.1) is 0 Å². The quantitative estimate of drug-likeness (QED) is 0.617. The summed E-state index contributed by atoms with van der Waals surface area (Å²) in [5.41, 5.74) is 1.80. The first-order valence-electron chi connectivity index (χ1n) is 9.89. The number of imidazole rings is 1. The summed E-state index contributed by atoms with van der Waals surface area (Å²) in [6.07, 6.45) is 6.52. The molecule has 1 aromatic heterocycles. The highest BCUT2D eigenvalue weighted by Crippen LogP contribution is 2.32. The van der Waals surface area contributed by atoms with Crippen molar-refractivity contribution in [3.63, 3.8) is 0 Å². The summed E-state index contributed by atoms with van der Waals surface area (Å²) in [5, 5.41) is 13.4. The predicted molar refractivity (Wildman–Crippen MR) is 109 cm³/mol. The van der Waals surface area contributed by atoms with Crippen molar-refractivity contribution in [1.82, 2.24) is 14.9 Å². The van der Waals surface area contributed by atoms with Crippen molar-refractivity contribution in [2.75, 3.05) is 0 Å². The lowest BCUT2D eigenvalue weighted by Gasteiger charge is -2.36. The van der Waals surface area contributed by atoms with E-state index in [1.807, 2.05) is 48.7 Å². The minimum absolute atomic E-state index is 0.0520. The van der Waals surface area contributed by atoms with E-state index >= 15 is 0 Å². The van der Waals surface area contributed by atoms with Crippen molar-refractivity contribution in [3.05, 3.63) is 84.4 Å². The Morgan fingerprint density at radius 2 is 1.93 bits per heavy atom. The van der Waals surface area contributed by atoms with Gasteiger partial charge in [0.15, 0.2) is 0 Å². The lowest BCUT2D eigenvalue weighted by atomic mass is 9.86. The van der Waals surface area contributed by atoms with Crippen LogP contribution in [0.25, 0.3) is 0 Å². The molecule has 0 spiro atoms. The highest BCUT2D eigenvalue weighted by atomic mass is 16.5. The van der Waals surface area contributed by atoms with Crippen LogP contribution < -0.4 is 10.1 Å². The molecule has 6 nitrogen and oxygen atoms in total. The van der Waals surface area contributed by atoms with Crippen LogP contribution in [-0.4, -0.2) is 26.6 Å². The van der Waals surface area contributed by atoms with Gasteiger partial charge in [-0.2, -0.15) is 0 Å². The summed E-state index contributed by atoms with van der Waals surface area (Å²) in [4.78, 5) is 16.3. The van der Waals surface area contributed by atoms with E-state index in [4.69, 9.17) is 4.74 Å². The Labute approximate surface area is 170 Å². The Kier molecular flexibility index (Phi) is 5.91. The van der Waals surface area contributed by atoms with Crippen LogP contribution in [0.3, 0.4) is 0 Å². The van der Waals surface area contributed by atoms with Crippen molar-refractivity contribution < 1.29 is 14.6 Å². The van der Waals surface area contributed by atoms with E-state index in [0.717, 1.165) is 24.2 Å². The number of aliphatic hydroxyl groups excluding tert-OH is 1. The first kappa shape index (κ1) is 19.2. The molecule has 0 bridgehead atoms. The van der Waals surface area contributed by atoms with E-state index in [9.17, 15) is 9.90 Å². The van der Waals surface area contributed by atoms with Gasteiger partial charge in [0, 0.05) is 24.5 Å². The van der Waals surface area contributed by atoms with Gasteiger partial charge < -0.3 is 19.7 Å². The van der Waals surface area contributed by atoms with Gasteiger partial charge in [0.25, 0.3) is 0 Å².